The van der Waals surface area contributed by atoms with Crippen molar-refractivity contribution in [1.29, 1.82) is 0 Å². The topological polar surface area (TPSA) is 54.4 Å². The minimum atomic E-state index is -0.351. The van der Waals surface area contributed by atoms with E-state index in [1.165, 1.54) is 24.3 Å². The lowest BCUT2D eigenvalue weighted by Crippen LogP contribution is -2.50. The predicted octanol–water partition coefficient (Wildman–Crippen LogP) is 4.48. The fourth-order valence-electron chi connectivity index (χ4n) is 3.96. The number of aliphatic imine (C=N–C) groups is 1. The third-order valence-electron chi connectivity index (χ3n) is 5.70. The number of amidine groups is 1. The van der Waals surface area contributed by atoms with Gasteiger partial charge < -0.3 is 19.3 Å². The van der Waals surface area contributed by atoms with Crippen molar-refractivity contribution in [2.24, 2.45) is 4.99 Å². The van der Waals surface area contributed by atoms with E-state index in [1.807, 2.05) is 42.5 Å². The van der Waals surface area contributed by atoms with E-state index in [2.05, 4.69) is 4.90 Å². The summed E-state index contributed by atoms with van der Waals surface area (Å²) in [5.41, 5.74) is 2.12. The zero-order valence-corrected chi connectivity index (χ0v) is 17.6. The molecule has 162 valence electrons. The number of fused-ring (bicyclic) bond motifs is 2. The number of hydrogen-bond acceptors (Lipinski definition) is 5. The van der Waals surface area contributed by atoms with Crippen LogP contribution in [0.2, 0.25) is 0 Å². The van der Waals surface area contributed by atoms with Crippen LogP contribution in [0.4, 0.5) is 10.1 Å². The van der Waals surface area contributed by atoms with Crippen molar-refractivity contribution in [1.82, 2.24) is 9.80 Å². The van der Waals surface area contributed by atoms with Gasteiger partial charge in [0.05, 0.1) is 12.7 Å². The normalized spacial score (nSPS) is 15.1. The van der Waals surface area contributed by atoms with Crippen LogP contribution in [0.3, 0.4) is 0 Å². The number of ether oxygens (including phenoxy) is 2. The van der Waals surface area contributed by atoms with Gasteiger partial charge in [0.25, 0.3) is 5.91 Å². The van der Waals surface area contributed by atoms with Crippen LogP contribution in [0, 0.1) is 5.82 Å². The minimum absolute atomic E-state index is 0.0914. The summed E-state index contributed by atoms with van der Waals surface area (Å²) in [5, 5.41) is 0. The molecule has 0 atom stereocenters. The lowest BCUT2D eigenvalue weighted by Gasteiger charge is -2.36. The highest BCUT2D eigenvalue weighted by Gasteiger charge is 2.28. The number of nitrogens with zero attached hydrogens (tertiary/aromatic N) is 3. The number of para-hydroxylation sites is 2. The van der Waals surface area contributed by atoms with Gasteiger partial charge in [-0.05, 0) is 48.5 Å². The van der Waals surface area contributed by atoms with Gasteiger partial charge in [-0.2, -0.15) is 0 Å². The van der Waals surface area contributed by atoms with Crippen LogP contribution in [0.1, 0.15) is 15.9 Å². The smallest absolute Gasteiger partial charge is 0.253 e. The van der Waals surface area contributed by atoms with E-state index in [1.54, 1.807) is 12.0 Å². The first-order valence-electron chi connectivity index (χ1n) is 10.5. The fourth-order valence-corrected chi connectivity index (χ4v) is 3.96. The molecule has 0 unspecified atom stereocenters. The van der Waals surface area contributed by atoms with E-state index >= 15 is 0 Å². The highest BCUT2D eigenvalue weighted by atomic mass is 19.1. The molecule has 1 amide bonds. The van der Waals surface area contributed by atoms with Gasteiger partial charge in [-0.25, -0.2) is 9.38 Å². The molecule has 0 spiro atoms. The summed E-state index contributed by atoms with van der Waals surface area (Å²) >= 11 is 0. The van der Waals surface area contributed by atoms with Crippen molar-refractivity contribution < 1.29 is 18.7 Å². The quantitative estimate of drug-likeness (QED) is 0.601. The Balaban J connectivity index is 1.41. The molecule has 6 nitrogen and oxygen atoms in total. The molecule has 0 N–H and O–H groups in total. The van der Waals surface area contributed by atoms with Crippen molar-refractivity contribution in [3.63, 3.8) is 0 Å². The number of benzene rings is 3. The Morgan fingerprint density at radius 1 is 0.969 bits per heavy atom. The SMILES string of the molecule is COc1ccc2c(c1)Oc1ccccc1N=C2N1CCN(C(=O)c2ccc(F)cc2)CC1. The molecule has 2 heterocycles. The third kappa shape index (κ3) is 3.77. The number of rotatable bonds is 2. The Hall–Kier alpha value is -3.87. The van der Waals surface area contributed by atoms with Gasteiger partial charge in [0.15, 0.2) is 5.75 Å². The van der Waals surface area contributed by atoms with E-state index in [-0.39, 0.29) is 11.7 Å². The Bertz CT molecular complexity index is 1190. The van der Waals surface area contributed by atoms with Crippen LogP contribution >= 0.6 is 0 Å². The first kappa shape index (κ1) is 20.1. The molecule has 2 aliphatic heterocycles. The van der Waals surface area contributed by atoms with Gasteiger partial charge in [0, 0.05) is 37.8 Å². The number of methoxy groups -OCH3 is 1. The monoisotopic (exact) mass is 431 g/mol. The maximum atomic E-state index is 13.2. The third-order valence-corrected chi connectivity index (χ3v) is 5.70. The first-order valence-corrected chi connectivity index (χ1v) is 10.5. The molecule has 1 fully saturated rings. The first-order chi connectivity index (χ1) is 15.6. The zero-order valence-electron chi connectivity index (χ0n) is 17.6. The van der Waals surface area contributed by atoms with Crippen molar-refractivity contribution in [2.75, 3.05) is 33.3 Å². The minimum Gasteiger partial charge on any atom is -0.497 e. The number of carbonyl (C=O) groups is 1. The van der Waals surface area contributed by atoms with Gasteiger partial charge in [-0.1, -0.05) is 12.1 Å². The molecule has 3 aromatic carbocycles. The standard InChI is InChI=1S/C25H22FN3O3/c1-31-19-10-11-20-23(16-19)32-22-5-3-2-4-21(22)27-24(20)28-12-14-29(15-13-28)25(30)17-6-8-18(26)9-7-17/h2-11,16H,12-15H2,1H3. The fraction of sp³-hybridized carbons (Fsp3) is 0.200. The van der Waals surface area contributed by atoms with Crippen molar-refractivity contribution in [3.8, 4) is 17.2 Å². The Labute approximate surface area is 185 Å². The van der Waals surface area contributed by atoms with Gasteiger partial charge in [0.2, 0.25) is 0 Å². The van der Waals surface area contributed by atoms with Gasteiger partial charge in [-0.3, -0.25) is 4.79 Å². The Morgan fingerprint density at radius 3 is 2.47 bits per heavy atom. The summed E-state index contributed by atoms with van der Waals surface area (Å²) in [6.45, 7) is 2.34. The van der Waals surface area contributed by atoms with Gasteiger partial charge >= 0.3 is 0 Å². The van der Waals surface area contributed by atoms with E-state index in [9.17, 15) is 9.18 Å². The van der Waals surface area contributed by atoms with Crippen molar-refractivity contribution >= 4 is 17.4 Å². The van der Waals surface area contributed by atoms with Crippen LogP contribution in [0.5, 0.6) is 17.2 Å². The van der Waals surface area contributed by atoms with E-state index in [4.69, 9.17) is 14.5 Å². The van der Waals surface area contributed by atoms with Crippen molar-refractivity contribution in [2.45, 2.75) is 0 Å². The molecule has 3 aromatic rings. The molecule has 0 bridgehead atoms. The number of piperazine rings is 1. The van der Waals surface area contributed by atoms with Gasteiger partial charge in [0.1, 0.15) is 28.8 Å². The average molecular weight is 431 g/mol. The second-order valence-corrected chi connectivity index (χ2v) is 7.65. The molecular formula is C25H22FN3O3. The Morgan fingerprint density at radius 2 is 1.72 bits per heavy atom. The summed E-state index contributed by atoms with van der Waals surface area (Å²) < 4.78 is 24.7. The van der Waals surface area contributed by atoms with Crippen LogP contribution in [0.25, 0.3) is 0 Å². The summed E-state index contributed by atoms with van der Waals surface area (Å²) in [6, 6.07) is 19.0. The average Bonchev–Trinajstić information content (AvgIpc) is 3.00. The van der Waals surface area contributed by atoms with Crippen LogP contribution < -0.4 is 9.47 Å². The van der Waals surface area contributed by atoms with Crippen LogP contribution in [0.15, 0.2) is 71.7 Å². The molecule has 0 radical (unpaired) electrons. The largest absolute Gasteiger partial charge is 0.497 e. The maximum Gasteiger partial charge on any atom is 0.253 e. The molecule has 1 saturated heterocycles. The molecular weight excluding hydrogens is 409 g/mol. The molecule has 32 heavy (non-hydrogen) atoms. The zero-order chi connectivity index (χ0) is 22.1. The van der Waals surface area contributed by atoms with Gasteiger partial charge in [-0.15, -0.1) is 0 Å². The summed E-state index contributed by atoms with van der Waals surface area (Å²) in [6.07, 6.45) is 0. The highest BCUT2D eigenvalue weighted by Crippen LogP contribution is 2.39. The summed E-state index contributed by atoms with van der Waals surface area (Å²) in [5.74, 6) is 2.43. The Kier molecular flexibility index (Phi) is 5.23. The second kappa shape index (κ2) is 8.34. The number of carbonyl (C=O) groups excluding carboxylic acids is 1. The second-order valence-electron chi connectivity index (χ2n) is 7.65. The number of halogens is 1. The van der Waals surface area contributed by atoms with E-state index in [0.717, 1.165) is 17.1 Å². The lowest BCUT2D eigenvalue weighted by atomic mass is 10.1. The van der Waals surface area contributed by atoms with Crippen LogP contribution in [-0.4, -0.2) is 54.8 Å². The van der Waals surface area contributed by atoms with Crippen LogP contribution in [-0.2, 0) is 0 Å². The lowest BCUT2D eigenvalue weighted by molar-refractivity contribution is 0.0692. The molecule has 7 heteroatoms. The predicted molar refractivity (Wildman–Crippen MR) is 120 cm³/mol. The van der Waals surface area contributed by atoms with E-state index in [0.29, 0.717) is 49.0 Å². The number of amides is 1. The molecule has 5 rings (SSSR count). The molecule has 0 aromatic heterocycles. The van der Waals surface area contributed by atoms with Crippen molar-refractivity contribution in [3.05, 3.63) is 83.7 Å². The summed E-state index contributed by atoms with van der Waals surface area (Å²) in [4.78, 5) is 21.7. The molecule has 0 aliphatic carbocycles. The molecule has 0 saturated carbocycles. The molecule has 2 aliphatic rings. The highest BCUT2D eigenvalue weighted by molar-refractivity contribution is 6.04. The van der Waals surface area contributed by atoms with E-state index < -0.39 is 0 Å². The number of hydrogen-bond donors (Lipinski definition) is 0. The summed E-state index contributed by atoms with van der Waals surface area (Å²) in [7, 11) is 1.62. The maximum absolute atomic E-state index is 13.2.